The first-order valence-corrected chi connectivity index (χ1v) is 8.73. The highest BCUT2D eigenvalue weighted by atomic mass is 16.5. The second-order valence-corrected chi connectivity index (χ2v) is 6.45. The third-order valence-electron chi connectivity index (χ3n) is 4.80. The standard InChI is InChI=1S/C18H29N3O2/c1-22-12-13-23-18-4-2-16(3-5-18)14-20-9-6-17(15-20)21-10-7-19-8-11-21/h2-5,17,19H,6-15H2,1H3. The SMILES string of the molecule is COCCOc1ccc(CN2CCC(N3CCNCC3)C2)cc1. The summed E-state index contributed by atoms with van der Waals surface area (Å²) in [5.41, 5.74) is 1.37. The maximum atomic E-state index is 5.62. The van der Waals surface area contributed by atoms with E-state index >= 15 is 0 Å². The zero-order valence-corrected chi connectivity index (χ0v) is 14.2. The van der Waals surface area contributed by atoms with Gasteiger partial charge in [-0.1, -0.05) is 12.1 Å². The molecule has 128 valence electrons. The summed E-state index contributed by atoms with van der Waals surface area (Å²) in [6.45, 7) is 9.37. The average Bonchev–Trinajstić information content (AvgIpc) is 3.06. The second-order valence-electron chi connectivity index (χ2n) is 6.45. The minimum atomic E-state index is 0.605. The van der Waals surface area contributed by atoms with E-state index in [0.717, 1.165) is 31.4 Å². The monoisotopic (exact) mass is 319 g/mol. The van der Waals surface area contributed by atoms with Crippen LogP contribution in [0.15, 0.2) is 24.3 Å². The van der Waals surface area contributed by atoms with E-state index in [1.165, 1.54) is 38.2 Å². The van der Waals surface area contributed by atoms with Crippen LogP contribution >= 0.6 is 0 Å². The van der Waals surface area contributed by atoms with E-state index in [0.29, 0.717) is 13.2 Å². The molecule has 2 fully saturated rings. The molecule has 1 unspecified atom stereocenters. The normalized spacial score (nSPS) is 23.3. The first kappa shape index (κ1) is 16.7. The number of benzene rings is 1. The number of nitrogens with one attached hydrogen (secondary N) is 1. The molecule has 2 saturated heterocycles. The first-order valence-electron chi connectivity index (χ1n) is 8.73. The molecule has 2 aliphatic heterocycles. The van der Waals surface area contributed by atoms with Crippen LogP contribution in [0.1, 0.15) is 12.0 Å². The molecule has 0 radical (unpaired) electrons. The Bertz CT molecular complexity index is 460. The van der Waals surface area contributed by atoms with Crippen molar-refractivity contribution in [1.82, 2.24) is 15.1 Å². The van der Waals surface area contributed by atoms with Crippen molar-refractivity contribution in [2.45, 2.75) is 19.0 Å². The number of nitrogens with zero attached hydrogens (tertiary/aromatic N) is 2. The molecule has 5 nitrogen and oxygen atoms in total. The number of likely N-dealkylation sites (tertiary alicyclic amines) is 1. The van der Waals surface area contributed by atoms with Gasteiger partial charge in [-0.05, 0) is 24.1 Å². The van der Waals surface area contributed by atoms with E-state index in [-0.39, 0.29) is 0 Å². The van der Waals surface area contributed by atoms with Gasteiger partial charge in [-0.25, -0.2) is 0 Å². The quantitative estimate of drug-likeness (QED) is 0.764. The van der Waals surface area contributed by atoms with Crippen molar-refractivity contribution >= 4 is 0 Å². The van der Waals surface area contributed by atoms with Gasteiger partial charge >= 0.3 is 0 Å². The zero-order chi connectivity index (χ0) is 15.9. The Labute approximate surface area is 139 Å². The lowest BCUT2D eigenvalue weighted by molar-refractivity contribution is 0.146. The fraction of sp³-hybridized carbons (Fsp3) is 0.667. The molecule has 0 aromatic heterocycles. The van der Waals surface area contributed by atoms with E-state index < -0.39 is 0 Å². The van der Waals surface area contributed by atoms with Gasteiger partial charge in [-0.15, -0.1) is 0 Å². The van der Waals surface area contributed by atoms with Crippen molar-refractivity contribution in [2.75, 3.05) is 59.6 Å². The lowest BCUT2D eigenvalue weighted by Crippen LogP contribution is -2.49. The molecule has 0 amide bonds. The molecule has 2 heterocycles. The summed E-state index contributed by atoms with van der Waals surface area (Å²) in [5.74, 6) is 0.922. The van der Waals surface area contributed by atoms with Crippen LogP contribution in [-0.4, -0.2) is 75.4 Å². The summed E-state index contributed by atoms with van der Waals surface area (Å²) >= 11 is 0. The molecule has 0 spiro atoms. The highest BCUT2D eigenvalue weighted by molar-refractivity contribution is 5.27. The molecule has 0 bridgehead atoms. The smallest absolute Gasteiger partial charge is 0.119 e. The van der Waals surface area contributed by atoms with Crippen LogP contribution in [0.4, 0.5) is 0 Å². The lowest BCUT2D eigenvalue weighted by atomic mass is 10.2. The molecule has 23 heavy (non-hydrogen) atoms. The van der Waals surface area contributed by atoms with E-state index in [2.05, 4.69) is 39.4 Å². The summed E-state index contributed by atoms with van der Waals surface area (Å²) in [7, 11) is 1.69. The van der Waals surface area contributed by atoms with Gasteiger partial charge in [-0.3, -0.25) is 9.80 Å². The Morgan fingerprint density at radius 3 is 2.61 bits per heavy atom. The number of ether oxygens (including phenoxy) is 2. The van der Waals surface area contributed by atoms with Crippen molar-refractivity contribution in [3.63, 3.8) is 0 Å². The summed E-state index contributed by atoms with van der Waals surface area (Å²) in [6, 6.07) is 9.23. The maximum absolute atomic E-state index is 5.62. The van der Waals surface area contributed by atoms with Crippen LogP contribution in [0.3, 0.4) is 0 Å². The van der Waals surface area contributed by atoms with Gasteiger partial charge in [0, 0.05) is 59.0 Å². The highest BCUT2D eigenvalue weighted by Crippen LogP contribution is 2.20. The number of hydrogen-bond donors (Lipinski definition) is 1. The number of piperazine rings is 1. The predicted molar refractivity (Wildman–Crippen MR) is 91.9 cm³/mol. The fourth-order valence-corrected chi connectivity index (χ4v) is 3.49. The number of methoxy groups -OCH3 is 1. The number of hydrogen-bond acceptors (Lipinski definition) is 5. The third-order valence-corrected chi connectivity index (χ3v) is 4.80. The molecular formula is C18H29N3O2. The van der Waals surface area contributed by atoms with E-state index in [1.54, 1.807) is 7.11 Å². The topological polar surface area (TPSA) is 37.0 Å². The van der Waals surface area contributed by atoms with Gasteiger partial charge in [0.2, 0.25) is 0 Å². The van der Waals surface area contributed by atoms with Crippen LogP contribution in [0.5, 0.6) is 5.75 Å². The van der Waals surface area contributed by atoms with Crippen molar-refractivity contribution in [3.05, 3.63) is 29.8 Å². The van der Waals surface area contributed by atoms with Crippen molar-refractivity contribution in [1.29, 1.82) is 0 Å². The molecule has 3 rings (SSSR count). The molecule has 1 atom stereocenters. The second kappa shape index (κ2) is 8.64. The van der Waals surface area contributed by atoms with Gasteiger partial charge in [0.25, 0.3) is 0 Å². The molecule has 2 aliphatic rings. The molecular weight excluding hydrogens is 290 g/mol. The summed E-state index contributed by atoms with van der Waals surface area (Å²) < 4.78 is 10.6. The minimum Gasteiger partial charge on any atom is -0.491 e. The predicted octanol–water partition coefficient (Wildman–Crippen LogP) is 1.19. The van der Waals surface area contributed by atoms with E-state index in [1.807, 2.05) is 0 Å². The summed E-state index contributed by atoms with van der Waals surface area (Å²) in [4.78, 5) is 5.23. The summed E-state index contributed by atoms with van der Waals surface area (Å²) in [5, 5.41) is 3.44. The highest BCUT2D eigenvalue weighted by Gasteiger charge is 2.28. The molecule has 1 N–H and O–H groups in total. The van der Waals surface area contributed by atoms with E-state index in [9.17, 15) is 0 Å². The average molecular weight is 319 g/mol. The zero-order valence-electron chi connectivity index (χ0n) is 14.2. The minimum absolute atomic E-state index is 0.605. The molecule has 1 aromatic carbocycles. The van der Waals surface area contributed by atoms with Crippen LogP contribution in [0.2, 0.25) is 0 Å². The number of rotatable bonds is 7. The van der Waals surface area contributed by atoms with Crippen LogP contribution in [0, 0.1) is 0 Å². The molecule has 0 saturated carbocycles. The van der Waals surface area contributed by atoms with Crippen molar-refractivity contribution < 1.29 is 9.47 Å². The van der Waals surface area contributed by atoms with Gasteiger partial charge < -0.3 is 14.8 Å². The summed E-state index contributed by atoms with van der Waals surface area (Å²) in [6.07, 6.45) is 1.30. The van der Waals surface area contributed by atoms with Crippen LogP contribution in [0.25, 0.3) is 0 Å². The Morgan fingerprint density at radius 2 is 1.87 bits per heavy atom. The van der Waals surface area contributed by atoms with Crippen molar-refractivity contribution in [3.8, 4) is 5.75 Å². The van der Waals surface area contributed by atoms with Crippen LogP contribution < -0.4 is 10.1 Å². The van der Waals surface area contributed by atoms with Crippen LogP contribution in [-0.2, 0) is 11.3 Å². The Morgan fingerprint density at radius 1 is 1.09 bits per heavy atom. The van der Waals surface area contributed by atoms with Gasteiger partial charge in [0.05, 0.1) is 6.61 Å². The van der Waals surface area contributed by atoms with Gasteiger partial charge in [0.15, 0.2) is 0 Å². The molecule has 5 heteroatoms. The maximum Gasteiger partial charge on any atom is 0.119 e. The largest absolute Gasteiger partial charge is 0.491 e. The lowest BCUT2D eigenvalue weighted by Gasteiger charge is -2.32. The Hall–Kier alpha value is -1.14. The van der Waals surface area contributed by atoms with E-state index in [4.69, 9.17) is 9.47 Å². The van der Waals surface area contributed by atoms with Gasteiger partial charge in [-0.2, -0.15) is 0 Å². The molecule has 1 aromatic rings. The first-order chi connectivity index (χ1) is 11.3. The third kappa shape index (κ3) is 4.91. The fourth-order valence-electron chi connectivity index (χ4n) is 3.49. The van der Waals surface area contributed by atoms with Gasteiger partial charge in [0.1, 0.15) is 12.4 Å². The van der Waals surface area contributed by atoms with Crippen molar-refractivity contribution in [2.24, 2.45) is 0 Å². The Kier molecular flexibility index (Phi) is 6.28. The Balaban J connectivity index is 1.44. The molecule has 0 aliphatic carbocycles.